The highest BCUT2D eigenvalue weighted by Gasteiger charge is 2.35. The fraction of sp³-hybridized carbons (Fsp3) is 0.217. The first-order valence-corrected chi connectivity index (χ1v) is 9.23. The van der Waals surface area contributed by atoms with E-state index < -0.39 is 0 Å². The third kappa shape index (κ3) is 3.13. The van der Waals surface area contributed by atoms with Crippen molar-refractivity contribution in [1.82, 2.24) is 0 Å². The van der Waals surface area contributed by atoms with Crippen molar-refractivity contribution in [3.63, 3.8) is 0 Å². The molecule has 0 radical (unpaired) electrons. The summed E-state index contributed by atoms with van der Waals surface area (Å²) in [7, 11) is 0. The van der Waals surface area contributed by atoms with Crippen LogP contribution in [0, 0.1) is 0 Å². The molecule has 3 heteroatoms. The number of nitrogens with zero attached hydrogens (tertiary/aromatic N) is 2. The van der Waals surface area contributed by atoms with Gasteiger partial charge in [0.2, 0.25) is 0 Å². The van der Waals surface area contributed by atoms with E-state index in [0.29, 0.717) is 6.61 Å². The molecule has 0 amide bonds. The molecule has 0 saturated carbocycles. The smallest absolute Gasteiger partial charge is 0.132 e. The third-order valence-corrected chi connectivity index (χ3v) is 4.84. The van der Waals surface area contributed by atoms with E-state index in [2.05, 4.69) is 88.7 Å². The second-order valence-corrected chi connectivity index (χ2v) is 6.40. The fourth-order valence-corrected chi connectivity index (χ4v) is 3.72. The van der Waals surface area contributed by atoms with Crippen LogP contribution in [0.4, 0.5) is 11.4 Å². The van der Waals surface area contributed by atoms with Crippen LogP contribution in [-0.4, -0.2) is 19.7 Å². The maximum absolute atomic E-state index is 5.96. The Labute approximate surface area is 155 Å². The Balaban J connectivity index is 1.80. The maximum Gasteiger partial charge on any atom is 0.132 e. The molecule has 1 saturated heterocycles. The first-order valence-electron chi connectivity index (χ1n) is 9.23. The summed E-state index contributed by atoms with van der Waals surface area (Å²) in [6.45, 7) is 4.66. The van der Waals surface area contributed by atoms with Crippen LogP contribution in [0.2, 0.25) is 0 Å². The normalized spacial score (nSPS) is 14.7. The van der Waals surface area contributed by atoms with E-state index in [-0.39, 0.29) is 6.17 Å². The number of benzene rings is 3. The summed E-state index contributed by atoms with van der Waals surface area (Å²) < 4.78 is 5.96. The molecule has 26 heavy (non-hydrogen) atoms. The minimum atomic E-state index is 0.113. The van der Waals surface area contributed by atoms with Gasteiger partial charge >= 0.3 is 0 Å². The van der Waals surface area contributed by atoms with Crippen LogP contribution in [0.25, 0.3) is 0 Å². The molecule has 0 spiro atoms. The largest absolute Gasteiger partial charge is 0.493 e. The Hall–Kier alpha value is -2.94. The highest BCUT2D eigenvalue weighted by molar-refractivity contribution is 5.60. The number of rotatable bonds is 5. The summed E-state index contributed by atoms with van der Waals surface area (Å²) in [6.07, 6.45) is 0.113. The van der Waals surface area contributed by atoms with Crippen molar-refractivity contribution in [2.75, 3.05) is 29.5 Å². The van der Waals surface area contributed by atoms with Crippen molar-refractivity contribution < 1.29 is 4.74 Å². The standard InChI is InChI=1S/C23H24N2O/c1-2-26-22-16-10-9-15-21(22)23-24(19-11-5-3-6-12-19)17-18-25(23)20-13-7-4-8-14-20/h3-16,23H,2,17-18H2,1H3. The molecule has 4 rings (SSSR count). The molecular weight excluding hydrogens is 320 g/mol. The summed E-state index contributed by atoms with van der Waals surface area (Å²) in [5, 5.41) is 0. The summed E-state index contributed by atoms with van der Waals surface area (Å²) in [5.41, 5.74) is 3.68. The summed E-state index contributed by atoms with van der Waals surface area (Å²) in [4.78, 5) is 4.93. The van der Waals surface area contributed by atoms with Crippen molar-refractivity contribution in [2.45, 2.75) is 13.1 Å². The molecule has 3 aromatic carbocycles. The van der Waals surface area contributed by atoms with Crippen LogP contribution >= 0.6 is 0 Å². The van der Waals surface area contributed by atoms with Gasteiger partial charge in [-0.3, -0.25) is 0 Å². The lowest BCUT2D eigenvalue weighted by molar-refractivity contribution is 0.334. The van der Waals surface area contributed by atoms with Crippen molar-refractivity contribution >= 4 is 11.4 Å². The molecule has 3 nitrogen and oxygen atoms in total. The Morgan fingerprint density at radius 3 is 1.77 bits per heavy atom. The molecule has 1 aliphatic heterocycles. The monoisotopic (exact) mass is 344 g/mol. The van der Waals surface area contributed by atoms with Crippen LogP contribution in [0.5, 0.6) is 5.75 Å². The van der Waals surface area contributed by atoms with Gasteiger partial charge in [0, 0.05) is 30.0 Å². The quantitative estimate of drug-likeness (QED) is 0.639. The molecule has 1 aliphatic rings. The average molecular weight is 344 g/mol. The van der Waals surface area contributed by atoms with E-state index in [0.717, 1.165) is 18.8 Å². The molecule has 3 aromatic rings. The van der Waals surface area contributed by atoms with Crippen LogP contribution in [-0.2, 0) is 0 Å². The second kappa shape index (κ2) is 7.52. The SMILES string of the molecule is CCOc1ccccc1C1N(c2ccccc2)CCN1c1ccccc1. The zero-order valence-corrected chi connectivity index (χ0v) is 15.1. The lowest BCUT2D eigenvalue weighted by Gasteiger charge is -2.34. The van der Waals surface area contributed by atoms with Gasteiger partial charge in [0.1, 0.15) is 11.9 Å². The van der Waals surface area contributed by atoms with E-state index in [1.54, 1.807) is 0 Å². The van der Waals surface area contributed by atoms with Gasteiger partial charge in [-0.2, -0.15) is 0 Å². The summed E-state index contributed by atoms with van der Waals surface area (Å²) in [6, 6.07) is 29.7. The van der Waals surface area contributed by atoms with Gasteiger partial charge in [-0.1, -0.05) is 54.6 Å². The van der Waals surface area contributed by atoms with Gasteiger partial charge in [0.25, 0.3) is 0 Å². The summed E-state index contributed by atoms with van der Waals surface area (Å²) in [5.74, 6) is 0.962. The highest BCUT2D eigenvalue weighted by atomic mass is 16.5. The second-order valence-electron chi connectivity index (χ2n) is 6.40. The van der Waals surface area contributed by atoms with E-state index in [9.17, 15) is 0 Å². The van der Waals surface area contributed by atoms with E-state index in [1.165, 1.54) is 16.9 Å². The first kappa shape index (κ1) is 16.5. The van der Waals surface area contributed by atoms with Crippen LogP contribution in [0.15, 0.2) is 84.9 Å². The number of hydrogen-bond donors (Lipinski definition) is 0. The zero-order valence-electron chi connectivity index (χ0n) is 15.1. The number of hydrogen-bond acceptors (Lipinski definition) is 3. The lowest BCUT2D eigenvalue weighted by atomic mass is 10.1. The molecule has 1 heterocycles. The van der Waals surface area contributed by atoms with Crippen molar-refractivity contribution in [1.29, 1.82) is 0 Å². The van der Waals surface area contributed by atoms with Crippen LogP contribution in [0.1, 0.15) is 18.7 Å². The molecule has 0 aliphatic carbocycles. The predicted octanol–water partition coefficient (Wildman–Crippen LogP) is 5.11. The van der Waals surface area contributed by atoms with Gasteiger partial charge in [-0.15, -0.1) is 0 Å². The van der Waals surface area contributed by atoms with Gasteiger partial charge in [0.15, 0.2) is 0 Å². The van der Waals surface area contributed by atoms with Crippen molar-refractivity contribution in [3.8, 4) is 5.75 Å². The van der Waals surface area contributed by atoms with Gasteiger partial charge in [-0.05, 0) is 37.3 Å². The number of anilines is 2. The van der Waals surface area contributed by atoms with Gasteiger partial charge < -0.3 is 14.5 Å². The van der Waals surface area contributed by atoms with Gasteiger partial charge in [-0.25, -0.2) is 0 Å². The highest BCUT2D eigenvalue weighted by Crippen LogP contribution is 2.40. The molecule has 1 fully saturated rings. The topological polar surface area (TPSA) is 15.7 Å². The fourth-order valence-electron chi connectivity index (χ4n) is 3.72. The molecule has 0 aromatic heterocycles. The predicted molar refractivity (Wildman–Crippen MR) is 108 cm³/mol. The molecule has 0 N–H and O–H groups in total. The lowest BCUT2D eigenvalue weighted by Crippen LogP contribution is -2.31. The Kier molecular flexibility index (Phi) is 4.78. The number of para-hydroxylation sites is 3. The van der Waals surface area contributed by atoms with Crippen molar-refractivity contribution in [2.24, 2.45) is 0 Å². The zero-order chi connectivity index (χ0) is 17.8. The minimum Gasteiger partial charge on any atom is -0.493 e. The Bertz CT molecular complexity index is 788. The van der Waals surface area contributed by atoms with Gasteiger partial charge in [0.05, 0.1) is 6.61 Å². The maximum atomic E-state index is 5.96. The average Bonchev–Trinajstić information content (AvgIpc) is 3.15. The molecule has 132 valence electrons. The van der Waals surface area contributed by atoms with Crippen molar-refractivity contribution in [3.05, 3.63) is 90.5 Å². The molecular formula is C23H24N2O. The molecule has 0 bridgehead atoms. The van der Waals surface area contributed by atoms with Crippen LogP contribution < -0.4 is 14.5 Å². The van der Waals surface area contributed by atoms with Crippen LogP contribution in [0.3, 0.4) is 0 Å². The van der Waals surface area contributed by atoms with E-state index in [1.807, 2.05) is 13.0 Å². The molecule has 0 unspecified atom stereocenters. The number of ether oxygens (including phenoxy) is 1. The van der Waals surface area contributed by atoms with E-state index in [4.69, 9.17) is 4.74 Å². The van der Waals surface area contributed by atoms with E-state index >= 15 is 0 Å². The molecule has 0 atom stereocenters. The third-order valence-electron chi connectivity index (χ3n) is 4.84. The minimum absolute atomic E-state index is 0.113. The Morgan fingerprint density at radius 2 is 1.23 bits per heavy atom. The Morgan fingerprint density at radius 1 is 0.731 bits per heavy atom. The first-order chi connectivity index (χ1) is 12.9. The summed E-state index contributed by atoms with van der Waals surface area (Å²) >= 11 is 0.